The number of Topliss-reactive ketones (excluding diaryl/α,β-unsaturated/α-hetero) is 1. The van der Waals surface area contributed by atoms with Gasteiger partial charge < -0.3 is 0 Å². The Hall–Kier alpha value is -0.850. The van der Waals surface area contributed by atoms with E-state index in [-0.39, 0.29) is 11.8 Å². The Balaban J connectivity index is 2.59. The lowest BCUT2D eigenvalue weighted by Crippen LogP contribution is -2.18. The molecule has 0 aromatic heterocycles. The van der Waals surface area contributed by atoms with E-state index in [0.717, 1.165) is 6.42 Å². The molecule has 0 saturated carbocycles. The standard InChI is InChI=1S/C11H16O/c1-8(2)11(12)10-6-4-9(3)5-7-10/h4-6,8,10H,7H2,1-3H3. The van der Waals surface area contributed by atoms with Crippen molar-refractivity contribution in [3.63, 3.8) is 0 Å². The topological polar surface area (TPSA) is 17.1 Å². The van der Waals surface area contributed by atoms with Gasteiger partial charge >= 0.3 is 0 Å². The highest BCUT2D eigenvalue weighted by Crippen LogP contribution is 2.19. The number of rotatable bonds is 2. The molecular formula is C11H16O. The zero-order valence-electron chi connectivity index (χ0n) is 8.00. The van der Waals surface area contributed by atoms with Crippen molar-refractivity contribution in [1.29, 1.82) is 0 Å². The molecule has 1 atom stereocenters. The largest absolute Gasteiger partial charge is 0.299 e. The van der Waals surface area contributed by atoms with Crippen LogP contribution in [0.15, 0.2) is 23.8 Å². The van der Waals surface area contributed by atoms with E-state index in [0.29, 0.717) is 5.78 Å². The third kappa shape index (κ3) is 2.07. The Morgan fingerprint density at radius 3 is 2.67 bits per heavy atom. The van der Waals surface area contributed by atoms with E-state index in [1.807, 2.05) is 26.0 Å². The second kappa shape index (κ2) is 3.70. The highest BCUT2D eigenvalue weighted by molar-refractivity contribution is 5.84. The summed E-state index contributed by atoms with van der Waals surface area (Å²) in [6.45, 7) is 5.98. The average Bonchev–Trinajstić information content (AvgIpc) is 2.04. The summed E-state index contributed by atoms with van der Waals surface area (Å²) in [5.41, 5.74) is 1.27. The van der Waals surface area contributed by atoms with Gasteiger partial charge in [0.15, 0.2) is 0 Å². The number of allylic oxidation sites excluding steroid dienone is 4. The SMILES string of the molecule is CC1=CCC(C(=O)C(C)C)C=C1. The second-order valence-corrected chi connectivity index (χ2v) is 3.71. The van der Waals surface area contributed by atoms with E-state index in [1.165, 1.54) is 5.57 Å². The van der Waals surface area contributed by atoms with Crippen LogP contribution in [0.3, 0.4) is 0 Å². The fourth-order valence-corrected chi connectivity index (χ4v) is 1.37. The maximum absolute atomic E-state index is 11.5. The van der Waals surface area contributed by atoms with Crippen molar-refractivity contribution < 1.29 is 4.79 Å². The highest BCUT2D eigenvalue weighted by atomic mass is 16.1. The van der Waals surface area contributed by atoms with Gasteiger partial charge in [-0.3, -0.25) is 4.79 Å². The van der Waals surface area contributed by atoms with Gasteiger partial charge in [-0.1, -0.05) is 37.6 Å². The Labute approximate surface area is 74.2 Å². The molecule has 0 fully saturated rings. The number of carbonyl (C=O) groups excluding carboxylic acids is 1. The van der Waals surface area contributed by atoms with Gasteiger partial charge in [0.1, 0.15) is 5.78 Å². The molecule has 0 amide bonds. The van der Waals surface area contributed by atoms with Crippen LogP contribution in [0.25, 0.3) is 0 Å². The lowest BCUT2D eigenvalue weighted by Gasteiger charge is -2.15. The average molecular weight is 164 g/mol. The van der Waals surface area contributed by atoms with Gasteiger partial charge in [-0.15, -0.1) is 0 Å². The molecule has 0 heterocycles. The maximum atomic E-state index is 11.5. The van der Waals surface area contributed by atoms with Gasteiger partial charge in [-0.05, 0) is 13.3 Å². The molecule has 0 aromatic rings. The van der Waals surface area contributed by atoms with Gasteiger partial charge in [-0.25, -0.2) is 0 Å². The molecule has 0 N–H and O–H groups in total. The molecule has 66 valence electrons. The molecule has 1 heteroatoms. The fraction of sp³-hybridized carbons (Fsp3) is 0.545. The first-order valence-electron chi connectivity index (χ1n) is 4.50. The third-order valence-corrected chi connectivity index (χ3v) is 2.22. The molecule has 0 spiro atoms. The molecule has 1 rings (SSSR count). The summed E-state index contributed by atoms with van der Waals surface area (Å²) in [7, 11) is 0. The van der Waals surface area contributed by atoms with Crippen molar-refractivity contribution in [2.24, 2.45) is 11.8 Å². The summed E-state index contributed by atoms with van der Waals surface area (Å²) in [5.74, 6) is 0.648. The van der Waals surface area contributed by atoms with Crippen LogP contribution in [0, 0.1) is 11.8 Å². The first-order chi connectivity index (χ1) is 5.61. The van der Waals surface area contributed by atoms with Gasteiger partial charge in [0, 0.05) is 11.8 Å². The zero-order valence-corrected chi connectivity index (χ0v) is 8.00. The van der Waals surface area contributed by atoms with Crippen LogP contribution in [0.5, 0.6) is 0 Å². The van der Waals surface area contributed by atoms with Crippen LogP contribution in [0.2, 0.25) is 0 Å². The number of hydrogen-bond acceptors (Lipinski definition) is 1. The Morgan fingerprint density at radius 2 is 2.25 bits per heavy atom. The number of ketones is 1. The summed E-state index contributed by atoms with van der Waals surface area (Å²) in [6, 6.07) is 0. The van der Waals surface area contributed by atoms with E-state index in [2.05, 4.69) is 13.0 Å². The molecule has 1 unspecified atom stereocenters. The van der Waals surface area contributed by atoms with Crippen LogP contribution in [-0.4, -0.2) is 5.78 Å². The highest BCUT2D eigenvalue weighted by Gasteiger charge is 2.18. The quantitative estimate of drug-likeness (QED) is 0.613. The maximum Gasteiger partial charge on any atom is 0.142 e. The van der Waals surface area contributed by atoms with E-state index < -0.39 is 0 Å². The van der Waals surface area contributed by atoms with Gasteiger partial charge in [-0.2, -0.15) is 0 Å². The molecular weight excluding hydrogens is 148 g/mol. The van der Waals surface area contributed by atoms with E-state index in [4.69, 9.17) is 0 Å². The van der Waals surface area contributed by atoms with Crippen molar-refractivity contribution in [2.75, 3.05) is 0 Å². The minimum atomic E-state index is 0.133. The van der Waals surface area contributed by atoms with Crippen molar-refractivity contribution in [3.05, 3.63) is 23.8 Å². The van der Waals surface area contributed by atoms with Gasteiger partial charge in [0.25, 0.3) is 0 Å². The monoisotopic (exact) mass is 164 g/mol. The van der Waals surface area contributed by atoms with E-state index >= 15 is 0 Å². The molecule has 0 aromatic carbocycles. The normalized spacial score (nSPS) is 22.7. The predicted octanol–water partition coefficient (Wildman–Crippen LogP) is 2.73. The first kappa shape index (κ1) is 9.24. The molecule has 0 aliphatic heterocycles. The second-order valence-electron chi connectivity index (χ2n) is 3.71. The van der Waals surface area contributed by atoms with Crippen LogP contribution in [0.4, 0.5) is 0 Å². The minimum absolute atomic E-state index is 0.133. The van der Waals surface area contributed by atoms with Gasteiger partial charge in [0.2, 0.25) is 0 Å². The van der Waals surface area contributed by atoms with Crippen molar-refractivity contribution in [3.8, 4) is 0 Å². The molecule has 1 aliphatic carbocycles. The van der Waals surface area contributed by atoms with Crippen molar-refractivity contribution in [1.82, 2.24) is 0 Å². The van der Waals surface area contributed by atoms with Crippen LogP contribution < -0.4 is 0 Å². The summed E-state index contributed by atoms with van der Waals surface area (Å²) < 4.78 is 0. The lowest BCUT2D eigenvalue weighted by atomic mass is 9.88. The van der Waals surface area contributed by atoms with Crippen molar-refractivity contribution in [2.45, 2.75) is 27.2 Å². The molecule has 0 radical (unpaired) electrons. The molecule has 1 nitrogen and oxygen atoms in total. The summed E-state index contributed by atoms with van der Waals surface area (Å²) in [6.07, 6.45) is 7.08. The number of carbonyl (C=O) groups is 1. The van der Waals surface area contributed by atoms with Crippen LogP contribution >= 0.6 is 0 Å². The zero-order chi connectivity index (χ0) is 9.14. The minimum Gasteiger partial charge on any atom is -0.299 e. The predicted molar refractivity (Wildman–Crippen MR) is 50.8 cm³/mol. The third-order valence-electron chi connectivity index (χ3n) is 2.22. The summed E-state index contributed by atoms with van der Waals surface area (Å²) in [5, 5.41) is 0. The molecule has 0 bridgehead atoms. The lowest BCUT2D eigenvalue weighted by molar-refractivity contribution is -0.124. The summed E-state index contributed by atoms with van der Waals surface area (Å²) >= 11 is 0. The van der Waals surface area contributed by atoms with E-state index in [1.54, 1.807) is 0 Å². The van der Waals surface area contributed by atoms with Gasteiger partial charge in [0.05, 0.1) is 0 Å². The molecule has 12 heavy (non-hydrogen) atoms. The van der Waals surface area contributed by atoms with Crippen LogP contribution in [0.1, 0.15) is 27.2 Å². The van der Waals surface area contributed by atoms with Crippen molar-refractivity contribution >= 4 is 5.78 Å². The first-order valence-corrected chi connectivity index (χ1v) is 4.50. The summed E-state index contributed by atoms with van der Waals surface area (Å²) in [4.78, 5) is 11.5. The Morgan fingerprint density at radius 1 is 1.58 bits per heavy atom. The molecule has 1 aliphatic rings. The van der Waals surface area contributed by atoms with Crippen LogP contribution in [-0.2, 0) is 4.79 Å². The smallest absolute Gasteiger partial charge is 0.142 e. The Kier molecular flexibility index (Phi) is 2.85. The van der Waals surface area contributed by atoms with E-state index in [9.17, 15) is 4.79 Å². The number of hydrogen-bond donors (Lipinski definition) is 0. The Bertz CT molecular complexity index is 233. The fourth-order valence-electron chi connectivity index (χ4n) is 1.37. The molecule has 0 saturated heterocycles.